The van der Waals surface area contributed by atoms with Gasteiger partial charge in [0, 0.05) is 18.6 Å². The first-order valence-electron chi connectivity index (χ1n) is 6.66. The molecular weight excluding hydrogens is 236 g/mol. The molecule has 5 N–H and O–H groups in total. The maximum Gasteiger partial charge on any atom is 0.315 e. The lowest BCUT2D eigenvalue weighted by atomic mass is 10.1. The predicted octanol–water partition coefficient (Wildman–Crippen LogP) is -0.669. The zero-order valence-electron chi connectivity index (χ0n) is 10.4. The number of hydrogen-bond acceptors (Lipinski definition) is 4. The first-order valence-corrected chi connectivity index (χ1v) is 6.66. The van der Waals surface area contributed by atoms with E-state index in [1.807, 2.05) is 0 Å². The van der Waals surface area contributed by atoms with Gasteiger partial charge < -0.3 is 26.0 Å². The van der Waals surface area contributed by atoms with Crippen LogP contribution in [0.4, 0.5) is 4.79 Å². The van der Waals surface area contributed by atoms with Gasteiger partial charge in [-0.3, -0.25) is 0 Å². The topological polar surface area (TPSA) is 102 Å². The molecule has 0 bridgehead atoms. The van der Waals surface area contributed by atoms with Gasteiger partial charge in [-0.05, 0) is 19.3 Å². The normalized spacial score (nSPS) is 36.8. The van der Waals surface area contributed by atoms with Gasteiger partial charge in [-0.2, -0.15) is 0 Å². The summed E-state index contributed by atoms with van der Waals surface area (Å²) in [6.07, 6.45) is 2.72. The lowest BCUT2D eigenvalue weighted by Crippen LogP contribution is -2.49. The third-order valence-corrected chi connectivity index (χ3v) is 4.04. The summed E-state index contributed by atoms with van der Waals surface area (Å²) in [6.45, 7) is -0.180. The minimum atomic E-state index is -1.00. The molecule has 0 spiro atoms. The van der Waals surface area contributed by atoms with Crippen LogP contribution in [-0.4, -0.2) is 52.2 Å². The number of amides is 2. The summed E-state index contributed by atoms with van der Waals surface area (Å²) in [5.74, 6) is -0.364. The number of hydrogen-bond donors (Lipinski definition) is 5. The molecule has 0 aromatic carbocycles. The lowest BCUT2D eigenvalue weighted by Gasteiger charge is -2.20. The van der Waals surface area contributed by atoms with Crippen molar-refractivity contribution in [2.24, 2.45) is 5.92 Å². The summed E-state index contributed by atoms with van der Waals surface area (Å²) >= 11 is 0. The molecular formula is C12H22N2O4. The van der Waals surface area contributed by atoms with Crippen LogP contribution in [0.1, 0.15) is 32.1 Å². The van der Waals surface area contributed by atoms with Gasteiger partial charge in [-0.15, -0.1) is 0 Å². The highest BCUT2D eigenvalue weighted by Gasteiger charge is 2.41. The SMILES string of the molecule is O=C(NC1CCCC1)N[C@@H]1C[C@H](CO)[C@@H](O)[C@H]1O. The molecule has 2 aliphatic rings. The molecule has 2 aliphatic carbocycles. The average molecular weight is 258 g/mol. The Morgan fingerprint density at radius 3 is 2.33 bits per heavy atom. The average Bonchev–Trinajstić information content (AvgIpc) is 2.93. The number of carbonyl (C=O) groups excluding carboxylic acids is 1. The van der Waals surface area contributed by atoms with Crippen LogP contribution >= 0.6 is 0 Å². The maximum atomic E-state index is 11.7. The van der Waals surface area contributed by atoms with Gasteiger partial charge in [0.05, 0.1) is 12.1 Å². The molecule has 2 rings (SSSR count). The molecule has 0 aromatic heterocycles. The van der Waals surface area contributed by atoms with Crippen LogP contribution in [0.25, 0.3) is 0 Å². The zero-order valence-corrected chi connectivity index (χ0v) is 10.4. The fraction of sp³-hybridized carbons (Fsp3) is 0.917. The van der Waals surface area contributed by atoms with E-state index < -0.39 is 18.2 Å². The number of aliphatic hydroxyl groups is 3. The van der Waals surface area contributed by atoms with Crippen LogP contribution in [0.5, 0.6) is 0 Å². The Morgan fingerprint density at radius 1 is 1.11 bits per heavy atom. The number of carbonyl (C=O) groups is 1. The molecule has 104 valence electrons. The van der Waals surface area contributed by atoms with Crippen molar-refractivity contribution >= 4 is 6.03 Å². The summed E-state index contributed by atoms with van der Waals surface area (Å²) in [7, 11) is 0. The van der Waals surface area contributed by atoms with Gasteiger partial charge in [0.15, 0.2) is 0 Å². The maximum absolute atomic E-state index is 11.7. The third kappa shape index (κ3) is 2.93. The highest BCUT2D eigenvalue weighted by Crippen LogP contribution is 2.26. The third-order valence-electron chi connectivity index (χ3n) is 4.04. The second kappa shape index (κ2) is 5.86. The molecule has 2 amide bonds. The van der Waals surface area contributed by atoms with E-state index in [0.29, 0.717) is 6.42 Å². The Labute approximate surface area is 106 Å². The Bertz CT molecular complexity index is 294. The second-order valence-corrected chi connectivity index (χ2v) is 5.37. The van der Waals surface area contributed by atoms with E-state index in [1.165, 1.54) is 0 Å². The predicted molar refractivity (Wildman–Crippen MR) is 64.9 cm³/mol. The Morgan fingerprint density at radius 2 is 1.78 bits per heavy atom. The molecule has 0 aliphatic heterocycles. The van der Waals surface area contributed by atoms with Gasteiger partial charge in [-0.25, -0.2) is 4.79 Å². The van der Waals surface area contributed by atoms with E-state index in [-0.39, 0.29) is 24.6 Å². The van der Waals surface area contributed by atoms with Crippen LogP contribution in [-0.2, 0) is 0 Å². The van der Waals surface area contributed by atoms with Crippen LogP contribution in [0.15, 0.2) is 0 Å². The summed E-state index contributed by atoms with van der Waals surface area (Å²) in [4.78, 5) is 11.7. The van der Waals surface area contributed by atoms with Crippen molar-refractivity contribution in [2.75, 3.05) is 6.61 Å². The largest absolute Gasteiger partial charge is 0.396 e. The summed E-state index contributed by atoms with van der Waals surface area (Å²) in [5, 5.41) is 34.0. The Balaban J connectivity index is 1.80. The smallest absolute Gasteiger partial charge is 0.315 e. The molecule has 4 atom stereocenters. The first-order chi connectivity index (χ1) is 8.61. The van der Waals surface area contributed by atoms with E-state index >= 15 is 0 Å². The molecule has 0 heterocycles. The molecule has 0 saturated heterocycles. The van der Waals surface area contributed by atoms with Gasteiger partial charge in [0.2, 0.25) is 0 Å². The fourth-order valence-electron chi connectivity index (χ4n) is 2.91. The highest BCUT2D eigenvalue weighted by atomic mass is 16.3. The van der Waals surface area contributed by atoms with Crippen LogP contribution in [0.3, 0.4) is 0 Å². The van der Waals surface area contributed by atoms with E-state index in [4.69, 9.17) is 5.11 Å². The molecule has 2 fully saturated rings. The van der Waals surface area contributed by atoms with Crippen molar-refractivity contribution in [1.29, 1.82) is 0 Å². The van der Waals surface area contributed by atoms with Crippen molar-refractivity contribution < 1.29 is 20.1 Å². The van der Waals surface area contributed by atoms with Crippen molar-refractivity contribution in [2.45, 2.75) is 56.4 Å². The van der Waals surface area contributed by atoms with E-state index in [0.717, 1.165) is 25.7 Å². The monoisotopic (exact) mass is 258 g/mol. The first kappa shape index (κ1) is 13.6. The summed E-state index contributed by atoms with van der Waals surface area (Å²) in [6, 6.07) is -0.558. The standard InChI is InChI=1S/C12H22N2O4/c15-6-7-5-9(11(17)10(7)16)14-12(18)13-8-3-1-2-4-8/h7-11,15-17H,1-6H2,(H2,13,14,18)/t7-,9-,10-,11+/m1/s1. The van der Waals surface area contributed by atoms with Crippen molar-refractivity contribution in [3.8, 4) is 0 Å². The van der Waals surface area contributed by atoms with E-state index in [1.54, 1.807) is 0 Å². The van der Waals surface area contributed by atoms with Crippen molar-refractivity contribution in [3.63, 3.8) is 0 Å². The van der Waals surface area contributed by atoms with Crippen molar-refractivity contribution in [1.82, 2.24) is 10.6 Å². The second-order valence-electron chi connectivity index (χ2n) is 5.37. The molecule has 0 aromatic rings. The molecule has 0 unspecified atom stereocenters. The number of rotatable bonds is 3. The Kier molecular flexibility index (Phi) is 4.42. The molecule has 18 heavy (non-hydrogen) atoms. The van der Waals surface area contributed by atoms with Gasteiger partial charge in [0.1, 0.15) is 6.10 Å². The number of aliphatic hydroxyl groups excluding tert-OH is 3. The highest BCUT2D eigenvalue weighted by molar-refractivity contribution is 5.74. The molecule has 2 saturated carbocycles. The van der Waals surface area contributed by atoms with Crippen LogP contribution in [0, 0.1) is 5.92 Å². The minimum absolute atomic E-state index is 0.180. The van der Waals surface area contributed by atoms with Crippen molar-refractivity contribution in [3.05, 3.63) is 0 Å². The lowest BCUT2D eigenvalue weighted by molar-refractivity contribution is 0.000803. The van der Waals surface area contributed by atoms with Gasteiger partial charge >= 0.3 is 6.03 Å². The van der Waals surface area contributed by atoms with E-state index in [2.05, 4.69) is 10.6 Å². The van der Waals surface area contributed by atoms with Gasteiger partial charge in [0.25, 0.3) is 0 Å². The number of urea groups is 1. The molecule has 0 radical (unpaired) electrons. The summed E-state index contributed by atoms with van der Waals surface area (Å²) < 4.78 is 0. The molecule has 6 nitrogen and oxygen atoms in total. The van der Waals surface area contributed by atoms with Crippen LogP contribution in [0.2, 0.25) is 0 Å². The molecule has 6 heteroatoms. The van der Waals surface area contributed by atoms with E-state index in [9.17, 15) is 15.0 Å². The van der Waals surface area contributed by atoms with Crippen LogP contribution < -0.4 is 10.6 Å². The minimum Gasteiger partial charge on any atom is -0.396 e. The summed E-state index contributed by atoms with van der Waals surface area (Å²) in [5.41, 5.74) is 0. The number of nitrogens with one attached hydrogen (secondary N) is 2. The van der Waals surface area contributed by atoms with Gasteiger partial charge in [-0.1, -0.05) is 12.8 Å². The fourth-order valence-corrected chi connectivity index (χ4v) is 2.91. The Hall–Kier alpha value is -0.850. The zero-order chi connectivity index (χ0) is 13.1. The quantitative estimate of drug-likeness (QED) is 0.463.